The zero-order valence-corrected chi connectivity index (χ0v) is 17.1. The molecule has 146 valence electrons. The minimum Gasteiger partial charge on any atom is -0.399 e. The molecule has 1 aromatic carbocycles. The quantitative estimate of drug-likeness (QED) is 0.375. The fraction of sp³-hybridized carbons (Fsp3) is 0.760. The number of nitrogens with two attached hydrogens (primary N) is 1. The van der Waals surface area contributed by atoms with Crippen LogP contribution in [0.15, 0.2) is 24.3 Å². The number of anilines is 1. The van der Waals surface area contributed by atoms with Gasteiger partial charge < -0.3 is 5.73 Å². The van der Waals surface area contributed by atoms with Crippen LogP contribution in [0.25, 0.3) is 0 Å². The predicted molar refractivity (Wildman–Crippen MR) is 114 cm³/mol. The smallest absolute Gasteiger partial charge is 0.0314 e. The number of nitrogen functional groups attached to an aromatic ring is 1. The summed E-state index contributed by atoms with van der Waals surface area (Å²) < 4.78 is 0. The van der Waals surface area contributed by atoms with Crippen LogP contribution in [0.1, 0.15) is 108 Å². The second-order valence-electron chi connectivity index (χ2n) is 9.26. The minimum absolute atomic E-state index is 0.784. The SMILES string of the molecule is CCCCCCC[C@H]1CC[C@H](C2CCC(c3ccc(N)cc3)CC2)CC1. The Bertz CT molecular complexity index is 489. The van der Waals surface area contributed by atoms with Crippen molar-refractivity contribution in [2.75, 3.05) is 5.73 Å². The fourth-order valence-corrected chi connectivity index (χ4v) is 5.68. The van der Waals surface area contributed by atoms with Crippen LogP contribution in [0.5, 0.6) is 0 Å². The van der Waals surface area contributed by atoms with Gasteiger partial charge in [0.25, 0.3) is 0 Å². The van der Waals surface area contributed by atoms with Crippen molar-refractivity contribution in [2.24, 2.45) is 17.8 Å². The highest BCUT2D eigenvalue weighted by molar-refractivity contribution is 5.40. The maximum absolute atomic E-state index is 5.84. The summed E-state index contributed by atoms with van der Waals surface area (Å²) in [5.74, 6) is 3.90. The molecule has 0 heterocycles. The lowest BCUT2D eigenvalue weighted by atomic mass is 9.68. The molecule has 2 aliphatic carbocycles. The summed E-state index contributed by atoms with van der Waals surface area (Å²) in [4.78, 5) is 0. The number of hydrogen-bond donors (Lipinski definition) is 1. The largest absolute Gasteiger partial charge is 0.399 e. The zero-order chi connectivity index (χ0) is 18.2. The molecule has 0 bridgehead atoms. The van der Waals surface area contributed by atoms with Crippen molar-refractivity contribution in [3.8, 4) is 0 Å². The van der Waals surface area contributed by atoms with Gasteiger partial charge in [-0.25, -0.2) is 0 Å². The van der Waals surface area contributed by atoms with Gasteiger partial charge in [0.15, 0.2) is 0 Å². The topological polar surface area (TPSA) is 26.0 Å². The van der Waals surface area contributed by atoms with Gasteiger partial charge in [-0.1, -0.05) is 70.4 Å². The Hall–Kier alpha value is -0.980. The summed E-state index contributed by atoms with van der Waals surface area (Å²) in [5, 5.41) is 0. The molecule has 2 fully saturated rings. The number of rotatable bonds is 8. The maximum Gasteiger partial charge on any atom is 0.0314 e. The van der Waals surface area contributed by atoms with Crippen LogP contribution < -0.4 is 5.73 Å². The Labute approximate surface area is 162 Å². The van der Waals surface area contributed by atoms with Crippen molar-refractivity contribution in [1.29, 1.82) is 0 Å². The minimum atomic E-state index is 0.784. The van der Waals surface area contributed by atoms with Crippen molar-refractivity contribution in [1.82, 2.24) is 0 Å². The molecule has 0 radical (unpaired) electrons. The van der Waals surface area contributed by atoms with E-state index in [0.29, 0.717) is 0 Å². The molecule has 0 unspecified atom stereocenters. The first-order chi connectivity index (χ1) is 12.8. The van der Waals surface area contributed by atoms with E-state index in [9.17, 15) is 0 Å². The van der Waals surface area contributed by atoms with Gasteiger partial charge in [-0.15, -0.1) is 0 Å². The summed E-state index contributed by atoms with van der Waals surface area (Å²) >= 11 is 0. The van der Waals surface area contributed by atoms with E-state index in [0.717, 1.165) is 29.4 Å². The second kappa shape index (κ2) is 10.4. The third-order valence-electron chi connectivity index (χ3n) is 7.45. The summed E-state index contributed by atoms with van der Waals surface area (Å²) in [5.41, 5.74) is 8.25. The lowest BCUT2D eigenvalue weighted by Gasteiger charge is -2.38. The lowest BCUT2D eigenvalue weighted by molar-refractivity contribution is 0.155. The molecule has 1 nitrogen and oxygen atoms in total. The molecule has 2 aliphatic rings. The molecule has 0 aromatic heterocycles. The first-order valence-electron chi connectivity index (χ1n) is 11.6. The summed E-state index contributed by atoms with van der Waals surface area (Å²) in [6, 6.07) is 8.66. The molecule has 0 aliphatic heterocycles. The molecule has 3 rings (SSSR count). The van der Waals surface area contributed by atoms with Gasteiger partial charge in [0.05, 0.1) is 0 Å². The number of hydrogen-bond acceptors (Lipinski definition) is 1. The highest BCUT2D eigenvalue weighted by atomic mass is 14.5. The molecule has 2 N–H and O–H groups in total. The van der Waals surface area contributed by atoms with Crippen molar-refractivity contribution in [3.63, 3.8) is 0 Å². The van der Waals surface area contributed by atoms with Crippen molar-refractivity contribution >= 4 is 5.69 Å². The van der Waals surface area contributed by atoms with Crippen LogP contribution in [0.4, 0.5) is 5.69 Å². The van der Waals surface area contributed by atoms with E-state index in [4.69, 9.17) is 5.73 Å². The molecule has 1 aromatic rings. The van der Waals surface area contributed by atoms with Gasteiger partial charge in [-0.05, 0) is 79.9 Å². The summed E-state index contributed by atoms with van der Waals surface area (Å²) in [6.07, 6.45) is 20.5. The van der Waals surface area contributed by atoms with Gasteiger partial charge in [-0.3, -0.25) is 0 Å². The summed E-state index contributed by atoms with van der Waals surface area (Å²) in [6.45, 7) is 2.31. The Morgan fingerprint density at radius 1 is 0.731 bits per heavy atom. The van der Waals surface area contributed by atoms with Crippen LogP contribution in [0, 0.1) is 17.8 Å². The van der Waals surface area contributed by atoms with Crippen molar-refractivity contribution in [3.05, 3.63) is 29.8 Å². The average molecular weight is 356 g/mol. The van der Waals surface area contributed by atoms with E-state index in [2.05, 4.69) is 31.2 Å². The molecular formula is C25H41N. The standard InChI is InChI=1S/C25H41N/c1-2-3-4-5-6-7-20-8-10-21(11-9-20)22-12-14-23(15-13-22)24-16-18-25(26)19-17-24/h16-23H,2-15,26H2,1H3/t20-,21-,22?,23?. The van der Waals surface area contributed by atoms with E-state index in [1.165, 1.54) is 95.5 Å². The highest BCUT2D eigenvalue weighted by Crippen LogP contribution is 2.44. The zero-order valence-electron chi connectivity index (χ0n) is 17.1. The van der Waals surface area contributed by atoms with Crippen LogP contribution in [0.2, 0.25) is 0 Å². The van der Waals surface area contributed by atoms with Crippen LogP contribution in [-0.2, 0) is 0 Å². The fourth-order valence-electron chi connectivity index (χ4n) is 5.68. The van der Waals surface area contributed by atoms with Gasteiger partial charge >= 0.3 is 0 Å². The molecular weight excluding hydrogens is 314 g/mol. The van der Waals surface area contributed by atoms with Crippen molar-refractivity contribution < 1.29 is 0 Å². The Balaban J connectivity index is 1.34. The molecule has 0 atom stereocenters. The third kappa shape index (κ3) is 5.76. The monoisotopic (exact) mass is 355 g/mol. The Kier molecular flexibility index (Phi) is 7.89. The highest BCUT2D eigenvalue weighted by Gasteiger charge is 2.31. The average Bonchev–Trinajstić information content (AvgIpc) is 2.69. The lowest BCUT2D eigenvalue weighted by Crippen LogP contribution is -2.25. The second-order valence-corrected chi connectivity index (χ2v) is 9.26. The maximum atomic E-state index is 5.84. The molecule has 2 saturated carbocycles. The first kappa shape index (κ1) is 19.8. The predicted octanol–water partition coefficient (Wildman–Crippen LogP) is 7.71. The Morgan fingerprint density at radius 2 is 1.31 bits per heavy atom. The van der Waals surface area contributed by atoms with Crippen LogP contribution in [0.3, 0.4) is 0 Å². The van der Waals surface area contributed by atoms with Crippen LogP contribution in [-0.4, -0.2) is 0 Å². The van der Waals surface area contributed by atoms with Gasteiger partial charge in [0, 0.05) is 5.69 Å². The first-order valence-corrected chi connectivity index (χ1v) is 11.6. The van der Waals surface area contributed by atoms with E-state index in [1.54, 1.807) is 0 Å². The number of unbranched alkanes of at least 4 members (excludes halogenated alkanes) is 4. The van der Waals surface area contributed by atoms with Gasteiger partial charge in [0.1, 0.15) is 0 Å². The van der Waals surface area contributed by atoms with Crippen LogP contribution >= 0.6 is 0 Å². The molecule has 0 amide bonds. The Morgan fingerprint density at radius 3 is 1.92 bits per heavy atom. The third-order valence-corrected chi connectivity index (χ3v) is 7.45. The molecule has 0 spiro atoms. The van der Waals surface area contributed by atoms with Gasteiger partial charge in [-0.2, -0.15) is 0 Å². The number of benzene rings is 1. The molecule has 0 saturated heterocycles. The van der Waals surface area contributed by atoms with Gasteiger partial charge in [0.2, 0.25) is 0 Å². The molecule has 26 heavy (non-hydrogen) atoms. The van der Waals surface area contributed by atoms with Crippen molar-refractivity contribution in [2.45, 2.75) is 103 Å². The normalized spacial score (nSPS) is 29.6. The van der Waals surface area contributed by atoms with E-state index in [-0.39, 0.29) is 0 Å². The van der Waals surface area contributed by atoms with E-state index < -0.39 is 0 Å². The summed E-state index contributed by atoms with van der Waals surface area (Å²) in [7, 11) is 0. The van der Waals surface area contributed by atoms with E-state index >= 15 is 0 Å². The molecule has 1 heteroatoms. The van der Waals surface area contributed by atoms with E-state index in [1.807, 2.05) is 0 Å².